The average molecular weight is 495 g/mol. The van der Waals surface area contributed by atoms with Crippen molar-refractivity contribution in [2.75, 3.05) is 0 Å². The summed E-state index contributed by atoms with van der Waals surface area (Å²) >= 11 is 12.8. The fourth-order valence-electron chi connectivity index (χ4n) is 3.89. The predicted octanol–water partition coefficient (Wildman–Crippen LogP) is 5.58. The summed E-state index contributed by atoms with van der Waals surface area (Å²) < 4.78 is 4.35. The van der Waals surface area contributed by atoms with Crippen molar-refractivity contribution in [1.29, 1.82) is 0 Å². The second-order valence-electron chi connectivity index (χ2n) is 7.55. The molecule has 1 aromatic carbocycles. The van der Waals surface area contributed by atoms with E-state index in [2.05, 4.69) is 24.4 Å². The van der Waals surface area contributed by atoms with E-state index >= 15 is 0 Å². The Labute approximate surface area is 187 Å². The van der Waals surface area contributed by atoms with Crippen molar-refractivity contribution < 1.29 is 4.79 Å². The van der Waals surface area contributed by atoms with Crippen molar-refractivity contribution in [2.45, 2.75) is 52.0 Å². The molecule has 0 atom stereocenters. The van der Waals surface area contributed by atoms with Crippen molar-refractivity contribution in [3.8, 4) is 15.8 Å². The zero-order valence-electron chi connectivity index (χ0n) is 16.5. The fraction of sp³-hybridized carbons (Fsp3) is 0.364. The summed E-state index contributed by atoms with van der Waals surface area (Å²) in [4.78, 5) is 13.1. The fourth-order valence-corrected chi connectivity index (χ4v) is 6.38. The average Bonchev–Trinajstić information content (AvgIpc) is 3.25. The van der Waals surface area contributed by atoms with Gasteiger partial charge in [0.25, 0.3) is 0 Å². The van der Waals surface area contributed by atoms with Crippen molar-refractivity contribution in [1.82, 2.24) is 15.1 Å². The molecule has 3 aromatic rings. The van der Waals surface area contributed by atoms with Gasteiger partial charge < -0.3 is 0 Å². The van der Waals surface area contributed by atoms with Crippen LogP contribution in [0.5, 0.6) is 0 Å². The van der Waals surface area contributed by atoms with Crippen LogP contribution in [0.2, 0.25) is 10.0 Å². The van der Waals surface area contributed by atoms with Gasteiger partial charge in [-0.3, -0.25) is 0 Å². The predicted molar refractivity (Wildman–Crippen MR) is 120 cm³/mol. The summed E-state index contributed by atoms with van der Waals surface area (Å²) in [6.45, 7) is 4.11. The number of hydrogen-bond donors (Lipinski definition) is 1. The molecule has 0 unspecified atom stereocenters. The molecule has 1 amide bonds. The number of hydrogen-bond acceptors (Lipinski definition) is 2. The van der Waals surface area contributed by atoms with Crippen LogP contribution in [0, 0.1) is 13.8 Å². The summed E-state index contributed by atoms with van der Waals surface area (Å²) in [7, 11) is 0. The molecule has 0 radical (unpaired) electrons. The maximum atomic E-state index is 13.1. The number of nitrogens with zero attached hydrogens (tertiary/aromatic N) is 2. The van der Waals surface area contributed by atoms with Crippen molar-refractivity contribution >= 4 is 43.6 Å². The molecule has 1 aliphatic carbocycles. The van der Waals surface area contributed by atoms with Crippen molar-refractivity contribution in [2.24, 2.45) is 0 Å². The third-order valence-electron chi connectivity index (χ3n) is 5.39. The van der Waals surface area contributed by atoms with Crippen LogP contribution in [0.25, 0.3) is 15.8 Å². The summed E-state index contributed by atoms with van der Waals surface area (Å²) in [5.74, 6) is -0.102. The number of amides is 1. The van der Waals surface area contributed by atoms with Gasteiger partial charge in [0, 0.05) is 0 Å². The van der Waals surface area contributed by atoms with Gasteiger partial charge in [0.1, 0.15) is 0 Å². The Balaban J connectivity index is 1.79. The number of benzene rings is 1. The Hall–Kier alpha value is -1.52. The van der Waals surface area contributed by atoms with E-state index in [4.69, 9.17) is 28.3 Å². The van der Waals surface area contributed by atoms with Crippen LogP contribution in [0.15, 0.2) is 30.3 Å². The van der Waals surface area contributed by atoms with E-state index in [1.54, 1.807) is 12.1 Å². The van der Waals surface area contributed by atoms with Crippen LogP contribution < -0.4 is 5.32 Å². The topological polar surface area (TPSA) is 46.9 Å². The molecule has 1 N–H and O–H groups in total. The first kappa shape index (κ1) is 20.7. The molecule has 7 heteroatoms. The van der Waals surface area contributed by atoms with Gasteiger partial charge in [-0.2, -0.15) is 0 Å². The molecule has 1 aliphatic rings. The van der Waals surface area contributed by atoms with Crippen LogP contribution in [0.1, 0.15) is 52.6 Å². The zero-order chi connectivity index (χ0) is 20.5. The minimum absolute atomic E-state index is 0.102. The third kappa shape index (κ3) is 4.34. The van der Waals surface area contributed by atoms with Crippen LogP contribution in [0.4, 0.5) is 0 Å². The Morgan fingerprint density at radius 3 is 2.55 bits per heavy atom. The number of halogens is 2. The maximum absolute atomic E-state index is 13.1. The Bertz CT molecular complexity index is 1050. The molecule has 2 heterocycles. The van der Waals surface area contributed by atoms with E-state index in [0.29, 0.717) is 15.7 Å². The van der Waals surface area contributed by atoms with E-state index in [1.165, 1.54) is 28.1 Å². The standard InChI is InChI=1S/C22H23Cl2N3OSe/c1-13-8-11-19(29-13)21-14(2)20(22(28)25-16-6-4-3-5-7-16)26-27(21)18-10-9-15(23)12-17(18)24/h8-12,16H,3-7H2,1-2H3,(H,25,28). The first-order valence-electron chi connectivity index (χ1n) is 9.87. The Kier molecular flexibility index (Phi) is 6.21. The molecule has 2 aromatic heterocycles. The molecular formula is C22H23Cl2N3OSe. The molecular weight excluding hydrogens is 472 g/mol. The van der Waals surface area contributed by atoms with Crippen LogP contribution in [-0.2, 0) is 0 Å². The van der Waals surface area contributed by atoms with E-state index in [1.807, 2.05) is 17.7 Å². The summed E-state index contributed by atoms with van der Waals surface area (Å²) in [6, 6.07) is 9.86. The number of carbonyl (C=O) groups is 1. The molecule has 1 fully saturated rings. The first-order chi connectivity index (χ1) is 13.9. The van der Waals surface area contributed by atoms with Crippen molar-refractivity contribution in [3.05, 3.63) is 56.1 Å². The van der Waals surface area contributed by atoms with Gasteiger partial charge in [0.15, 0.2) is 0 Å². The molecule has 152 valence electrons. The molecule has 0 aliphatic heterocycles. The second-order valence-corrected chi connectivity index (χ2v) is 11.1. The van der Waals surface area contributed by atoms with E-state index in [9.17, 15) is 4.79 Å². The number of rotatable bonds is 4. The van der Waals surface area contributed by atoms with E-state index in [-0.39, 0.29) is 26.5 Å². The Morgan fingerprint density at radius 1 is 1.14 bits per heavy atom. The van der Waals surface area contributed by atoms with E-state index in [0.717, 1.165) is 29.8 Å². The molecule has 0 saturated heterocycles. The first-order valence-corrected chi connectivity index (χ1v) is 12.3. The summed E-state index contributed by atoms with van der Waals surface area (Å²) in [5.41, 5.74) is 3.04. The Morgan fingerprint density at radius 2 is 1.90 bits per heavy atom. The van der Waals surface area contributed by atoms with Crippen LogP contribution >= 0.6 is 23.2 Å². The van der Waals surface area contributed by atoms with Gasteiger partial charge in [-0.15, -0.1) is 0 Å². The van der Waals surface area contributed by atoms with Gasteiger partial charge in [0.05, 0.1) is 0 Å². The van der Waals surface area contributed by atoms with E-state index < -0.39 is 0 Å². The summed E-state index contributed by atoms with van der Waals surface area (Å²) in [5, 5.41) is 9.00. The molecule has 4 nitrogen and oxygen atoms in total. The normalized spacial score (nSPS) is 14.9. The molecule has 29 heavy (non-hydrogen) atoms. The number of aromatic nitrogens is 2. The number of aryl methyl sites for hydroxylation is 1. The minimum atomic E-state index is -0.102. The molecule has 0 spiro atoms. The van der Waals surface area contributed by atoms with Crippen LogP contribution in [0.3, 0.4) is 0 Å². The van der Waals surface area contributed by atoms with Gasteiger partial charge in [-0.05, 0) is 0 Å². The molecule has 1 saturated carbocycles. The van der Waals surface area contributed by atoms with Crippen molar-refractivity contribution in [3.63, 3.8) is 0 Å². The number of nitrogens with one attached hydrogen (secondary N) is 1. The second kappa shape index (κ2) is 8.69. The molecule has 0 bridgehead atoms. The molecule has 4 rings (SSSR count). The van der Waals surface area contributed by atoms with Gasteiger partial charge in [-0.1, -0.05) is 0 Å². The SMILES string of the molecule is Cc1ccc(-c2c(C)c(C(=O)NC3CCCCC3)nn2-c2ccc(Cl)cc2Cl)[se]1. The van der Waals surface area contributed by atoms with Crippen LogP contribution in [-0.4, -0.2) is 36.2 Å². The van der Waals surface area contributed by atoms with Gasteiger partial charge in [0.2, 0.25) is 0 Å². The summed E-state index contributed by atoms with van der Waals surface area (Å²) in [6.07, 6.45) is 5.67. The zero-order valence-corrected chi connectivity index (χ0v) is 19.7. The quantitative estimate of drug-likeness (QED) is 0.481. The number of carbonyl (C=O) groups excluding carboxylic acids is 1. The monoisotopic (exact) mass is 495 g/mol. The third-order valence-corrected chi connectivity index (χ3v) is 8.04. The van der Waals surface area contributed by atoms with Gasteiger partial charge >= 0.3 is 187 Å². The van der Waals surface area contributed by atoms with Gasteiger partial charge in [-0.25, -0.2) is 0 Å².